The van der Waals surface area contributed by atoms with Crippen molar-refractivity contribution in [3.05, 3.63) is 29.1 Å². The smallest absolute Gasteiger partial charge is 0.250 e. The van der Waals surface area contributed by atoms with Crippen molar-refractivity contribution in [2.24, 2.45) is 0 Å². The van der Waals surface area contributed by atoms with Crippen LogP contribution in [-0.2, 0) is 12.3 Å². The molecule has 0 unspecified atom stereocenters. The monoisotopic (exact) mass is 216 g/mol. The largest absolute Gasteiger partial charge is 0.280 e. The number of rotatable bonds is 3. The van der Waals surface area contributed by atoms with Crippen molar-refractivity contribution in [2.75, 3.05) is 0 Å². The van der Waals surface area contributed by atoms with E-state index >= 15 is 0 Å². The maximum absolute atomic E-state index is 12.5. The molecule has 2 nitrogen and oxygen atoms in total. The number of aromatic nitrogens is 1. The number of pyridine rings is 1. The number of hydrogen-bond donors (Lipinski definition) is 0. The third-order valence-electron chi connectivity index (χ3n) is 1.68. The van der Waals surface area contributed by atoms with E-state index in [4.69, 9.17) is 16.9 Å². The van der Waals surface area contributed by atoms with Crippen LogP contribution in [-0.4, -0.2) is 4.98 Å². The average Bonchev–Trinajstić information content (AvgIpc) is 2.18. The summed E-state index contributed by atoms with van der Waals surface area (Å²) in [4.78, 5) is 3.68. The van der Waals surface area contributed by atoms with E-state index in [2.05, 4.69) is 4.98 Å². The SMILES string of the molecule is N#CCc1ccc(CCl)nc1C(F)F. The van der Waals surface area contributed by atoms with Gasteiger partial charge in [0, 0.05) is 0 Å². The van der Waals surface area contributed by atoms with Gasteiger partial charge in [-0.25, -0.2) is 8.78 Å². The molecular weight excluding hydrogens is 210 g/mol. The summed E-state index contributed by atoms with van der Waals surface area (Å²) in [5.41, 5.74) is 0.310. The molecule has 0 N–H and O–H groups in total. The van der Waals surface area contributed by atoms with Crippen molar-refractivity contribution in [3.63, 3.8) is 0 Å². The Balaban J connectivity index is 3.11. The highest BCUT2D eigenvalue weighted by molar-refractivity contribution is 6.16. The molecule has 0 spiro atoms. The number of nitriles is 1. The van der Waals surface area contributed by atoms with Gasteiger partial charge < -0.3 is 0 Å². The number of nitrogens with zero attached hydrogens (tertiary/aromatic N) is 2. The Morgan fingerprint density at radius 2 is 2.21 bits per heavy atom. The summed E-state index contributed by atoms with van der Waals surface area (Å²) in [6.45, 7) is 0. The van der Waals surface area contributed by atoms with E-state index in [1.54, 1.807) is 6.07 Å². The summed E-state index contributed by atoms with van der Waals surface area (Å²) in [7, 11) is 0. The van der Waals surface area contributed by atoms with E-state index in [0.29, 0.717) is 5.69 Å². The topological polar surface area (TPSA) is 36.7 Å². The lowest BCUT2D eigenvalue weighted by atomic mass is 10.1. The fourth-order valence-corrected chi connectivity index (χ4v) is 1.19. The molecule has 1 aromatic rings. The molecule has 5 heteroatoms. The minimum absolute atomic E-state index is 0.0603. The van der Waals surface area contributed by atoms with E-state index in [1.165, 1.54) is 6.07 Å². The third-order valence-corrected chi connectivity index (χ3v) is 1.96. The summed E-state index contributed by atoms with van der Waals surface area (Å²) in [6.07, 6.45) is -2.73. The Labute approximate surface area is 85.1 Å². The molecule has 0 bridgehead atoms. The summed E-state index contributed by atoms with van der Waals surface area (Å²) >= 11 is 5.46. The maximum atomic E-state index is 12.5. The van der Waals surface area contributed by atoms with Gasteiger partial charge in [0.05, 0.1) is 24.1 Å². The van der Waals surface area contributed by atoms with Crippen molar-refractivity contribution in [3.8, 4) is 6.07 Å². The molecule has 0 radical (unpaired) electrons. The van der Waals surface area contributed by atoms with Gasteiger partial charge in [0.2, 0.25) is 0 Å². The minimum atomic E-state index is -2.67. The summed E-state index contributed by atoms with van der Waals surface area (Å²) in [5, 5.41) is 8.40. The zero-order valence-electron chi connectivity index (χ0n) is 7.17. The average molecular weight is 217 g/mol. The van der Waals surface area contributed by atoms with Crippen LogP contribution in [0.15, 0.2) is 12.1 Å². The highest BCUT2D eigenvalue weighted by Crippen LogP contribution is 2.22. The van der Waals surface area contributed by atoms with Crippen molar-refractivity contribution in [1.82, 2.24) is 4.98 Å². The minimum Gasteiger partial charge on any atom is -0.250 e. The normalized spacial score (nSPS) is 10.2. The highest BCUT2D eigenvalue weighted by Gasteiger charge is 2.14. The summed E-state index contributed by atoms with van der Waals surface area (Å²) in [6, 6.07) is 4.83. The van der Waals surface area contributed by atoms with Crippen molar-refractivity contribution in [1.29, 1.82) is 5.26 Å². The first-order valence-corrected chi connectivity index (χ1v) is 4.42. The predicted molar refractivity (Wildman–Crippen MR) is 48.1 cm³/mol. The van der Waals surface area contributed by atoms with Crippen molar-refractivity contribution in [2.45, 2.75) is 18.7 Å². The number of hydrogen-bond acceptors (Lipinski definition) is 2. The second-order valence-electron chi connectivity index (χ2n) is 2.62. The molecule has 0 amide bonds. The zero-order valence-corrected chi connectivity index (χ0v) is 7.93. The van der Waals surface area contributed by atoms with Gasteiger partial charge in [0.25, 0.3) is 6.43 Å². The van der Waals surface area contributed by atoms with Crippen LogP contribution in [0.25, 0.3) is 0 Å². The van der Waals surface area contributed by atoms with Crippen LogP contribution < -0.4 is 0 Å². The molecule has 0 aromatic carbocycles. The first kappa shape index (κ1) is 10.9. The molecule has 1 aromatic heterocycles. The fourth-order valence-electron chi connectivity index (χ4n) is 1.04. The van der Waals surface area contributed by atoms with E-state index in [0.717, 1.165) is 0 Å². The number of alkyl halides is 3. The Kier molecular flexibility index (Phi) is 3.78. The second-order valence-corrected chi connectivity index (χ2v) is 2.88. The van der Waals surface area contributed by atoms with Gasteiger partial charge in [0.15, 0.2) is 0 Å². The zero-order chi connectivity index (χ0) is 10.6. The van der Waals surface area contributed by atoms with Gasteiger partial charge in [-0.3, -0.25) is 4.98 Å². The molecule has 0 fully saturated rings. The van der Waals surface area contributed by atoms with Crippen LogP contribution in [0.5, 0.6) is 0 Å². The molecular formula is C9H7ClF2N2. The lowest BCUT2D eigenvalue weighted by Crippen LogP contribution is -2.00. The number of halogens is 3. The van der Waals surface area contributed by atoms with E-state index in [1.807, 2.05) is 6.07 Å². The molecule has 0 aliphatic heterocycles. The van der Waals surface area contributed by atoms with Crippen LogP contribution in [0.2, 0.25) is 0 Å². The van der Waals surface area contributed by atoms with Crippen LogP contribution >= 0.6 is 11.6 Å². The molecule has 0 aliphatic carbocycles. The van der Waals surface area contributed by atoms with E-state index in [-0.39, 0.29) is 23.6 Å². The molecule has 0 atom stereocenters. The van der Waals surface area contributed by atoms with Gasteiger partial charge in [-0.2, -0.15) is 5.26 Å². The first-order valence-electron chi connectivity index (χ1n) is 3.88. The lowest BCUT2D eigenvalue weighted by Gasteiger charge is -2.06. The molecule has 1 rings (SSSR count). The molecule has 0 aliphatic rings. The lowest BCUT2D eigenvalue weighted by molar-refractivity contribution is 0.145. The van der Waals surface area contributed by atoms with Crippen molar-refractivity contribution < 1.29 is 8.78 Å². The molecule has 0 saturated carbocycles. The highest BCUT2D eigenvalue weighted by atomic mass is 35.5. The van der Waals surface area contributed by atoms with Crippen LogP contribution in [0.4, 0.5) is 8.78 Å². The maximum Gasteiger partial charge on any atom is 0.280 e. The van der Waals surface area contributed by atoms with E-state index in [9.17, 15) is 8.78 Å². The van der Waals surface area contributed by atoms with Gasteiger partial charge in [-0.15, -0.1) is 11.6 Å². The first-order chi connectivity index (χ1) is 6.69. The Morgan fingerprint density at radius 1 is 1.50 bits per heavy atom. The Hall–Kier alpha value is -1.21. The van der Waals surface area contributed by atoms with Gasteiger partial charge >= 0.3 is 0 Å². The third kappa shape index (κ3) is 2.39. The van der Waals surface area contributed by atoms with Gasteiger partial charge in [-0.1, -0.05) is 6.07 Å². The van der Waals surface area contributed by atoms with Crippen LogP contribution in [0.3, 0.4) is 0 Å². The van der Waals surface area contributed by atoms with E-state index < -0.39 is 6.43 Å². The summed E-state index contributed by atoms with van der Waals surface area (Å²) < 4.78 is 24.9. The van der Waals surface area contributed by atoms with Crippen LogP contribution in [0, 0.1) is 11.3 Å². The predicted octanol–water partition coefficient (Wildman–Crippen LogP) is 2.82. The van der Waals surface area contributed by atoms with Gasteiger partial charge in [-0.05, 0) is 11.6 Å². The second kappa shape index (κ2) is 4.87. The molecule has 14 heavy (non-hydrogen) atoms. The molecule has 74 valence electrons. The quantitative estimate of drug-likeness (QED) is 0.729. The molecule has 1 heterocycles. The Morgan fingerprint density at radius 3 is 2.71 bits per heavy atom. The van der Waals surface area contributed by atoms with Crippen molar-refractivity contribution >= 4 is 11.6 Å². The van der Waals surface area contributed by atoms with Gasteiger partial charge in [0.1, 0.15) is 5.69 Å². The fraction of sp³-hybridized carbons (Fsp3) is 0.333. The van der Waals surface area contributed by atoms with Crippen LogP contribution in [0.1, 0.15) is 23.4 Å². The standard InChI is InChI=1S/C9H7ClF2N2/c10-5-7-2-1-6(3-4-13)8(14-7)9(11)12/h1-2,9H,3,5H2. The molecule has 0 saturated heterocycles. The Bertz CT molecular complexity index is 360. The summed E-state index contributed by atoms with van der Waals surface area (Å²) in [5.74, 6) is 0.0898.